The first-order valence-corrected chi connectivity index (χ1v) is 8.23. The van der Waals surface area contributed by atoms with Crippen LogP contribution in [0.2, 0.25) is 0 Å². The number of carbonyl (C=O) groups excluding carboxylic acids is 1. The Morgan fingerprint density at radius 2 is 2.20 bits per heavy atom. The molecule has 1 aromatic heterocycles. The van der Waals surface area contributed by atoms with E-state index in [0.29, 0.717) is 12.2 Å². The number of hydrogen-bond acceptors (Lipinski definition) is 4. The molecule has 0 radical (unpaired) electrons. The van der Waals surface area contributed by atoms with Crippen LogP contribution in [0.25, 0.3) is 0 Å². The smallest absolute Gasteiger partial charge is 0.270 e. The number of nitrogens with zero attached hydrogens (tertiary/aromatic N) is 1. The lowest BCUT2D eigenvalue weighted by Crippen LogP contribution is -2.34. The van der Waals surface area contributed by atoms with Crippen molar-refractivity contribution in [3.05, 3.63) is 16.1 Å². The van der Waals surface area contributed by atoms with Crippen LogP contribution in [0.4, 0.5) is 0 Å². The van der Waals surface area contributed by atoms with Crippen molar-refractivity contribution >= 4 is 17.2 Å². The molecule has 4 nitrogen and oxygen atoms in total. The van der Waals surface area contributed by atoms with E-state index in [1.54, 1.807) is 5.38 Å². The molecule has 5 heteroatoms. The average molecular weight is 297 g/mol. The number of nitrogens with two attached hydrogens (primary N) is 1. The minimum Gasteiger partial charge on any atom is -0.350 e. The minimum absolute atomic E-state index is 0.100. The molecule has 1 amide bonds. The fourth-order valence-electron chi connectivity index (χ4n) is 1.95. The quantitative estimate of drug-likeness (QED) is 0.722. The molecular formula is C15H27N3OS. The maximum Gasteiger partial charge on any atom is 0.270 e. The highest BCUT2D eigenvalue weighted by Gasteiger charge is 2.20. The monoisotopic (exact) mass is 297 g/mol. The summed E-state index contributed by atoms with van der Waals surface area (Å²) in [4.78, 5) is 16.3. The Balaban J connectivity index is 2.45. The predicted molar refractivity (Wildman–Crippen MR) is 85.0 cm³/mol. The standard InChI is InChI=1S/C15H27N3OS/c1-5-6-7-8-15(3,4)10-17-13(19)12-9-20-14(18-12)11(2)16/h9,11H,5-8,10,16H2,1-4H3,(H,17,19). The number of unbranched alkanes of at least 4 members (excludes halogenated alkanes) is 2. The topological polar surface area (TPSA) is 68.0 Å². The summed E-state index contributed by atoms with van der Waals surface area (Å²) in [7, 11) is 0. The molecular weight excluding hydrogens is 270 g/mol. The molecule has 0 aliphatic heterocycles. The average Bonchev–Trinajstić information content (AvgIpc) is 2.86. The van der Waals surface area contributed by atoms with Crippen LogP contribution in [-0.4, -0.2) is 17.4 Å². The van der Waals surface area contributed by atoms with Gasteiger partial charge < -0.3 is 11.1 Å². The summed E-state index contributed by atoms with van der Waals surface area (Å²) in [6, 6.07) is -0.118. The highest BCUT2D eigenvalue weighted by Crippen LogP contribution is 2.23. The van der Waals surface area contributed by atoms with E-state index in [9.17, 15) is 4.79 Å². The van der Waals surface area contributed by atoms with Crippen LogP contribution in [0.5, 0.6) is 0 Å². The zero-order valence-corrected chi connectivity index (χ0v) is 13.8. The lowest BCUT2D eigenvalue weighted by atomic mass is 9.87. The first kappa shape index (κ1) is 17.1. The minimum atomic E-state index is -0.118. The third-order valence-electron chi connectivity index (χ3n) is 3.33. The maximum atomic E-state index is 12.0. The van der Waals surface area contributed by atoms with Crippen molar-refractivity contribution in [2.24, 2.45) is 11.1 Å². The lowest BCUT2D eigenvalue weighted by molar-refractivity contribution is 0.0929. The third kappa shape index (κ3) is 5.59. The van der Waals surface area contributed by atoms with Crippen LogP contribution in [0.15, 0.2) is 5.38 Å². The van der Waals surface area contributed by atoms with E-state index < -0.39 is 0 Å². The molecule has 1 aromatic rings. The Hall–Kier alpha value is -0.940. The largest absolute Gasteiger partial charge is 0.350 e. The molecule has 1 atom stereocenters. The van der Waals surface area contributed by atoms with Gasteiger partial charge >= 0.3 is 0 Å². The first-order chi connectivity index (χ1) is 9.35. The Labute approximate surface area is 126 Å². The van der Waals surface area contributed by atoms with Gasteiger partial charge in [0.25, 0.3) is 5.91 Å². The number of aromatic nitrogens is 1. The molecule has 1 heterocycles. The Kier molecular flexibility index (Phi) is 6.62. The molecule has 0 saturated carbocycles. The summed E-state index contributed by atoms with van der Waals surface area (Å²) in [6.45, 7) is 9.14. The van der Waals surface area contributed by atoms with Gasteiger partial charge in [0.2, 0.25) is 0 Å². The van der Waals surface area contributed by atoms with Crippen LogP contribution in [0.3, 0.4) is 0 Å². The molecule has 0 saturated heterocycles. The van der Waals surface area contributed by atoms with Crippen molar-refractivity contribution in [2.75, 3.05) is 6.54 Å². The number of rotatable bonds is 8. The number of thiazole rings is 1. The third-order valence-corrected chi connectivity index (χ3v) is 4.37. The van der Waals surface area contributed by atoms with Gasteiger partial charge in [-0.1, -0.05) is 40.0 Å². The van der Waals surface area contributed by atoms with Crippen LogP contribution < -0.4 is 11.1 Å². The van der Waals surface area contributed by atoms with Crippen molar-refractivity contribution in [3.63, 3.8) is 0 Å². The molecule has 0 bridgehead atoms. The van der Waals surface area contributed by atoms with Gasteiger partial charge in [-0.25, -0.2) is 4.98 Å². The maximum absolute atomic E-state index is 12.0. The van der Waals surface area contributed by atoms with Gasteiger partial charge in [-0.3, -0.25) is 4.79 Å². The van der Waals surface area contributed by atoms with Gasteiger partial charge in [0, 0.05) is 11.9 Å². The first-order valence-electron chi connectivity index (χ1n) is 7.35. The number of carbonyl (C=O) groups is 1. The summed E-state index contributed by atoms with van der Waals surface area (Å²) >= 11 is 1.44. The molecule has 3 N–H and O–H groups in total. The molecule has 1 rings (SSSR count). The van der Waals surface area contributed by atoms with Crippen molar-refractivity contribution in [2.45, 2.75) is 59.4 Å². The van der Waals surface area contributed by atoms with Gasteiger partial charge in [0.05, 0.1) is 6.04 Å². The van der Waals surface area contributed by atoms with E-state index >= 15 is 0 Å². The fourth-order valence-corrected chi connectivity index (χ4v) is 2.71. The number of amides is 1. The highest BCUT2D eigenvalue weighted by atomic mass is 32.1. The summed E-state index contributed by atoms with van der Waals surface area (Å²) < 4.78 is 0. The fraction of sp³-hybridized carbons (Fsp3) is 0.733. The van der Waals surface area contributed by atoms with E-state index in [-0.39, 0.29) is 17.4 Å². The van der Waals surface area contributed by atoms with Crippen molar-refractivity contribution in [1.29, 1.82) is 0 Å². The molecule has 0 fully saturated rings. The zero-order chi connectivity index (χ0) is 15.2. The summed E-state index contributed by atoms with van der Waals surface area (Å²) in [5.41, 5.74) is 6.36. The molecule has 0 aliphatic carbocycles. The molecule has 114 valence electrons. The molecule has 20 heavy (non-hydrogen) atoms. The van der Waals surface area contributed by atoms with Gasteiger partial charge in [0.15, 0.2) is 0 Å². The van der Waals surface area contributed by atoms with Crippen LogP contribution in [-0.2, 0) is 0 Å². The van der Waals surface area contributed by atoms with E-state index in [1.165, 1.54) is 30.6 Å². The molecule has 1 unspecified atom stereocenters. The Morgan fingerprint density at radius 3 is 2.75 bits per heavy atom. The Morgan fingerprint density at radius 1 is 1.50 bits per heavy atom. The second kappa shape index (κ2) is 7.74. The van der Waals surface area contributed by atoms with E-state index in [2.05, 4.69) is 31.1 Å². The predicted octanol–water partition coefficient (Wildman–Crippen LogP) is 3.50. The van der Waals surface area contributed by atoms with Crippen LogP contribution >= 0.6 is 11.3 Å². The van der Waals surface area contributed by atoms with E-state index in [4.69, 9.17) is 5.73 Å². The van der Waals surface area contributed by atoms with Crippen molar-refractivity contribution in [1.82, 2.24) is 10.3 Å². The van der Waals surface area contributed by atoms with Gasteiger partial charge in [-0.05, 0) is 18.8 Å². The van der Waals surface area contributed by atoms with Gasteiger partial charge in [0.1, 0.15) is 10.7 Å². The highest BCUT2D eigenvalue weighted by molar-refractivity contribution is 7.09. The van der Waals surface area contributed by atoms with E-state index in [1.807, 2.05) is 6.92 Å². The SMILES string of the molecule is CCCCCC(C)(C)CNC(=O)c1csc(C(C)N)n1. The molecule has 0 aromatic carbocycles. The van der Waals surface area contributed by atoms with Crippen molar-refractivity contribution < 1.29 is 4.79 Å². The number of hydrogen-bond donors (Lipinski definition) is 2. The Bertz CT molecular complexity index is 427. The summed E-state index contributed by atoms with van der Waals surface area (Å²) in [6.07, 6.45) is 4.82. The zero-order valence-electron chi connectivity index (χ0n) is 13.0. The van der Waals surface area contributed by atoms with Gasteiger partial charge in [-0.2, -0.15) is 0 Å². The summed E-state index contributed by atoms with van der Waals surface area (Å²) in [5.74, 6) is -0.100. The normalized spacial score (nSPS) is 13.2. The van der Waals surface area contributed by atoms with Crippen LogP contribution in [0, 0.1) is 5.41 Å². The van der Waals surface area contributed by atoms with E-state index in [0.717, 1.165) is 11.4 Å². The number of nitrogens with one attached hydrogen (secondary N) is 1. The van der Waals surface area contributed by atoms with Crippen molar-refractivity contribution in [3.8, 4) is 0 Å². The molecule has 0 aliphatic rings. The molecule has 0 spiro atoms. The lowest BCUT2D eigenvalue weighted by Gasteiger charge is -2.24. The summed E-state index contributed by atoms with van der Waals surface area (Å²) in [5, 5.41) is 5.56. The second-order valence-corrected chi connectivity index (χ2v) is 7.05. The van der Waals surface area contributed by atoms with Gasteiger partial charge in [-0.15, -0.1) is 11.3 Å². The second-order valence-electron chi connectivity index (χ2n) is 6.16. The van der Waals surface area contributed by atoms with Crippen LogP contribution in [0.1, 0.15) is 74.9 Å².